The SMILES string of the molecule is Cc1cc(C)cc(NC(=O)C2CCC(CNS(=O)(=O)c3cccc4nsnc34)CC2)c1. The lowest BCUT2D eigenvalue weighted by molar-refractivity contribution is -0.121. The Hall–Kier alpha value is -2.36. The van der Waals surface area contributed by atoms with Crippen LogP contribution in [-0.2, 0) is 14.8 Å². The molecule has 9 heteroatoms. The van der Waals surface area contributed by atoms with E-state index in [1.165, 1.54) is 0 Å². The zero-order valence-corrected chi connectivity index (χ0v) is 19.2. The van der Waals surface area contributed by atoms with Crippen molar-refractivity contribution in [3.05, 3.63) is 47.5 Å². The molecule has 0 saturated heterocycles. The molecular formula is C22H26N4O3S2. The van der Waals surface area contributed by atoms with Gasteiger partial charge in [-0.25, -0.2) is 13.1 Å². The summed E-state index contributed by atoms with van der Waals surface area (Å²) in [5.41, 5.74) is 4.07. The molecule has 0 radical (unpaired) electrons. The van der Waals surface area contributed by atoms with E-state index in [0.29, 0.717) is 17.6 Å². The Kier molecular flexibility index (Phi) is 6.36. The second-order valence-corrected chi connectivity index (χ2v) is 10.6. The Morgan fingerprint density at radius 2 is 1.77 bits per heavy atom. The molecule has 1 aliphatic rings. The van der Waals surface area contributed by atoms with E-state index in [9.17, 15) is 13.2 Å². The molecule has 0 spiro atoms. The van der Waals surface area contributed by atoms with Gasteiger partial charge in [-0.15, -0.1) is 0 Å². The summed E-state index contributed by atoms with van der Waals surface area (Å²) in [6, 6.07) is 11.0. The minimum atomic E-state index is -3.66. The summed E-state index contributed by atoms with van der Waals surface area (Å²) >= 11 is 1.00. The van der Waals surface area contributed by atoms with Crippen LogP contribution in [0, 0.1) is 25.7 Å². The fraction of sp³-hybridized carbons (Fsp3) is 0.409. The third-order valence-corrected chi connectivity index (χ3v) is 7.81. The number of anilines is 1. The number of rotatable bonds is 6. The lowest BCUT2D eigenvalue weighted by atomic mass is 9.81. The third kappa shape index (κ3) is 5.11. The fourth-order valence-corrected chi connectivity index (χ4v) is 6.10. The van der Waals surface area contributed by atoms with Crippen molar-refractivity contribution in [2.75, 3.05) is 11.9 Å². The van der Waals surface area contributed by atoms with Crippen LogP contribution in [0.1, 0.15) is 36.8 Å². The number of fused-ring (bicyclic) bond motifs is 1. The average molecular weight is 459 g/mol. The first-order valence-electron chi connectivity index (χ1n) is 10.4. The number of sulfonamides is 1. The molecule has 1 amide bonds. The molecule has 0 atom stereocenters. The van der Waals surface area contributed by atoms with Gasteiger partial charge in [-0.3, -0.25) is 4.79 Å². The molecule has 1 heterocycles. The van der Waals surface area contributed by atoms with Crippen LogP contribution in [0.15, 0.2) is 41.3 Å². The molecule has 2 N–H and O–H groups in total. The molecule has 7 nitrogen and oxygen atoms in total. The van der Waals surface area contributed by atoms with Gasteiger partial charge in [0, 0.05) is 18.2 Å². The largest absolute Gasteiger partial charge is 0.326 e. The Balaban J connectivity index is 1.31. The zero-order valence-electron chi connectivity index (χ0n) is 17.6. The van der Waals surface area contributed by atoms with Gasteiger partial charge in [0.2, 0.25) is 15.9 Å². The van der Waals surface area contributed by atoms with E-state index in [1.807, 2.05) is 26.0 Å². The Morgan fingerprint density at radius 1 is 1.06 bits per heavy atom. The van der Waals surface area contributed by atoms with Gasteiger partial charge in [-0.1, -0.05) is 12.1 Å². The van der Waals surface area contributed by atoms with Crippen LogP contribution < -0.4 is 10.0 Å². The highest BCUT2D eigenvalue weighted by Crippen LogP contribution is 2.30. The van der Waals surface area contributed by atoms with Gasteiger partial charge in [0.15, 0.2) is 0 Å². The number of hydrogen-bond donors (Lipinski definition) is 2. The average Bonchev–Trinajstić information content (AvgIpc) is 3.20. The highest BCUT2D eigenvalue weighted by atomic mass is 32.2. The van der Waals surface area contributed by atoms with Crippen molar-refractivity contribution < 1.29 is 13.2 Å². The molecule has 4 rings (SSSR count). The maximum atomic E-state index is 12.8. The number of nitrogens with one attached hydrogen (secondary N) is 2. The Morgan fingerprint density at radius 3 is 2.48 bits per heavy atom. The zero-order chi connectivity index (χ0) is 22.0. The number of carbonyl (C=O) groups excluding carboxylic acids is 1. The monoisotopic (exact) mass is 458 g/mol. The quantitative estimate of drug-likeness (QED) is 0.581. The standard InChI is InChI=1S/C22H26N4O3S2/c1-14-10-15(2)12-18(11-14)24-22(27)17-8-6-16(7-9-17)13-23-31(28,29)20-5-3-4-19-21(20)26-30-25-19/h3-5,10-12,16-17,23H,6-9,13H2,1-2H3,(H,24,27). The molecule has 1 saturated carbocycles. The summed E-state index contributed by atoms with van der Waals surface area (Å²) in [4.78, 5) is 12.8. The van der Waals surface area contributed by atoms with Gasteiger partial charge >= 0.3 is 0 Å². The van der Waals surface area contributed by atoms with Crippen LogP contribution in [0.5, 0.6) is 0 Å². The molecule has 0 aliphatic heterocycles. The lowest BCUT2D eigenvalue weighted by Crippen LogP contribution is -2.33. The third-order valence-electron chi connectivity index (χ3n) is 5.81. The summed E-state index contributed by atoms with van der Waals surface area (Å²) in [5.74, 6) is 0.225. The highest BCUT2D eigenvalue weighted by molar-refractivity contribution is 7.89. The van der Waals surface area contributed by atoms with Crippen molar-refractivity contribution >= 4 is 44.4 Å². The van der Waals surface area contributed by atoms with E-state index in [2.05, 4.69) is 24.9 Å². The van der Waals surface area contributed by atoms with E-state index >= 15 is 0 Å². The summed E-state index contributed by atoms with van der Waals surface area (Å²) in [6.45, 7) is 4.39. The number of aromatic nitrogens is 2. The number of hydrogen-bond acceptors (Lipinski definition) is 6. The van der Waals surface area contributed by atoms with Gasteiger partial charge in [0.05, 0.1) is 11.7 Å². The van der Waals surface area contributed by atoms with Crippen molar-refractivity contribution in [1.82, 2.24) is 13.5 Å². The number of nitrogens with zero attached hydrogens (tertiary/aromatic N) is 2. The summed E-state index contributed by atoms with van der Waals surface area (Å²) < 4.78 is 36.5. The van der Waals surface area contributed by atoms with Crippen LogP contribution in [0.2, 0.25) is 0 Å². The molecule has 0 bridgehead atoms. The van der Waals surface area contributed by atoms with Gasteiger partial charge < -0.3 is 5.32 Å². The normalized spacial score (nSPS) is 19.4. The van der Waals surface area contributed by atoms with Gasteiger partial charge in [-0.2, -0.15) is 8.75 Å². The van der Waals surface area contributed by atoms with Crippen molar-refractivity contribution in [1.29, 1.82) is 0 Å². The van der Waals surface area contributed by atoms with Crippen LogP contribution in [0.25, 0.3) is 11.0 Å². The first-order chi connectivity index (χ1) is 14.8. The number of aryl methyl sites for hydroxylation is 2. The minimum absolute atomic E-state index is 0.0384. The van der Waals surface area contributed by atoms with Crippen LogP contribution in [0.4, 0.5) is 5.69 Å². The number of amides is 1. The van der Waals surface area contributed by atoms with Crippen molar-refractivity contribution in [3.63, 3.8) is 0 Å². The molecule has 164 valence electrons. The molecule has 0 unspecified atom stereocenters. The van der Waals surface area contributed by atoms with Crippen LogP contribution in [-0.4, -0.2) is 29.6 Å². The maximum Gasteiger partial charge on any atom is 0.242 e. The molecular weight excluding hydrogens is 432 g/mol. The minimum Gasteiger partial charge on any atom is -0.326 e. The van der Waals surface area contributed by atoms with Crippen molar-refractivity contribution in [2.24, 2.45) is 11.8 Å². The van der Waals surface area contributed by atoms with Gasteiger partial charge in [0.25, 0.3) is 0 Å². The number of carbonyl (C=O) groups is 1. The topological polar surface area (TPSA) is 101 Å². The molecule has 31 heavy (non-hydrogen) atoms. The Bertz CT molecular complexity index is 1180. The summed E-state index contributed by atoms with van der Waals surface area (Å²) in [6.07, 6.45) is 3.15. The van der Waals surface area contributed by atoms with E-state index in [0.717, 1.165) is 54.2 Å². The maximum absolute atomic E-state index is 12.8. The first kappa shape index (κ1) is 21.9. The fourth-order valence-electron chi connectivity index (χ4n) is 4.22. The highest BCUT2D eigenvalue weighted by Gasteiger charge is 2.28. The first-order valence-corrected chi connectivity index (χ1v) is 12.6. The molecule has 2 aromatic carbocycles. The lowest BCUT2D eigenvalue weighted by Gasteiger charge is -2.28. The van der Waals surface area contributed by atoms with E-state index < -0.39 is 10.0 Å². The van der Waals surface area contributed by atoms with E-state index in [-0.39, 0.29) is 22.6 Å². The van der Waals surface area contributed by atoms with Crippen LogP contribution in [0.3, 0.4) is 0 Å². The molecule has 3 aromatic rings. The predicted octanol–water partition coefficient (Wildman–Crippen LogP) is 4.03. The van der Waals surface area contributed by atoms with Crippen molar-refractivity contribution in [3.8, 4) is 0 Å². The van der Waals surface area contributed by atoms with Crippen molar-refractivity contribution in [2.45, 2.75) is 44.4 Å². The Labute approximate surface area is 186 Å². The van der Waals surface area contributed by atoms with Gasteiger partial charge in [-0.05, 0) is 80.8 Å². The second kappa shape index (κ2) is 9.02. The summed E-state index contributed by atoms with van der Waals surface area (Å²) in [5, 5.41) is 3.04. The second-order valence-electron chi connectivity index (χ2n) is 8.32. The molecule has 1 aromatic heterocycles. The van der Waals surface area contributed by atoms with E-state index in [4.69, 9.17) is 0 Å². The van der Waals surface area contributed by atoms with Gasteiger partial charge in [0.1, 0.15) is 15.9 Å². The molecule has 1 aliphatic carbocycles. The van der Waals surface area contributed by atoms with E-state index in [1.54, 1.807) is 18.2 Å². The number of benzene rings is 2. The van der Waals surface area contributed by atoms with Crippen LogP contribution >= 0.6 is 11.7 Å². The summed E-state index contributed by atoms with van der Waals surface area (Å²) in [7, 11) is -3.66. The predicted molar refractivity (Wildman–Crippen MR) is 123 cm³/mol. The molecule has 1 fully saturated rings. The smallest absolute Gasteiger partial charge is 0.242 e.